The van der Waals surface area contributed by atoms with Crippen LogP contribution < -0.4 is 0 Å². The number of hydrogen-bond donors (Lipinski definition) is 0. The second kappa shape index (κ2) is 12.3. The number of nitrogens with zero attached hydrogens (tertiary/aromatic N) is 1. The van der Waals surface area contributed by atoms with Crippen LogP contribution in [-0.4, -0.2) is 4.98 Å². The molecule has 0 aliphatic heterocycles. The molecule has 250 valence electrons. The molecule has 0 unspecified atom stereocenters. The largest absolute Gasteiger partial charge is 0.247 e. The van der Waals surface area contributed by atoms with Crippen molar-refractivity contribution in [2.24, 2.45) is 0 Å². The van der Waals surface area contributed by atoms with E-state index in [9.17, 15) is 0 Å². The van der Waals surface area contributed by atoms with Crippen molar-refractivity contribution in [1.82, 2.24) is 4.98 Å². The summed E-state index contributed by atoms with van der Waals surface area (Å²) in [7, 11) is 0. The lowest BCUT2D eigenvalue weighted by molar-refractivity contribution is 1.41. The molecular formula is C53H33N. The second-order valence-electron chi connectivity index (χ2n) is 14.3. The molecule has 1 heterocycles. The molecule has 11 rings (SSSR count). The fourth-order valence-electron chi connectivity index (χ4n) is 8.52. The monoisotopic (exact) mass is 683 g/mol. The van der Waals surface area contributed by atoms with Gasteiger partial charge in [-0.3, -0.25) is 0 Å². The van der Waals surface area contributed by atoms with E-state index in [1.165, 1.54) is 87.2 Å². The molecule has 0 radical (unpaired) electrons. The number of pyridine rings is 1. The summed E-state index contributed by atoms with van der Waals surface area (Å²) < 4.78 is 0. The zero-order chi connectivity index (χ0) is 35.6. The highest BCUT2D eigenvalue weighted by Gasteiger charge is 2.18. The lowest BCUT2D eigenvalue weighted by Crippen LogP contribution is -1.92. The Labute approximate surface area is 313 Å². The summed E-state index contributed by atoms with van der Waals surface area (Å²) in [5.74, 6) is 0. The minimum Gasteiger partial charge on any atom is -0.247 e. The smallest absolute Gasteiger partial charge is 0.0787 e. The number of benzene rings is 10. The van der Waals surface area contributed by atoms with E-state index in [0.29, 0.717) is 0 Å². The average molecular weight is 684 g/mol. The maximum absolute atomic E-state index is 5.17. The molecule has 54 heavy (non-hydrogen) atoms. The molecule has 1 heteroatoms. The molecular weight excluding hydrogens is 651 g/mol. The van der Waals surface area contributed by atoms with Gasteiger partial charge in [-0.2, -0.15) is 0 Å². The predicted molar refractivity (Wildman–Crippen MR) is 231 cm³/mol. The van der Waals surface area contributed by atoms with Gasteiger partial charge in [0, 0.05) is 16.3 Å². The minimum absolute atomic E-state index is 0.981. The molecule has 11 aromatic rings. The van der Waals surface area contributed by atoms with E-state index in [2.05, 4.69) is 200 Å². The second-order valence-corrected chi connectivity index (χ2v) is 14.3. The summed E-state index contributed by atoms with van der Waals surface area (Å²) in [6.07, 6.45) is 0. The molecule has 0 fully saturated rings. The molecule has 0 amide bonds. The molecule has 0 saturated carbocycles. The van der Waals surface area contributed by atoms with Gasteiger partial charge in [0.15, 0.2) is 0 Å². The van der Waals surface area contributed by atoms with Crippen LogP contribution >= 0.6 is 0 Å². The van der Waals surface area contributed by atoms with Crippen LogP contribution in [0.4, 0.5) is 0 Å². The lowest BCUT2D eigenvalue weighted by atomic mass is 9.84. The fraction of sp³-hybridized carbons (Fsp3) is 0. The first kappa shape index (κ1) is 30.5. The van der Waals surface area contributed by atoms with Crippen molar-refractivity contribution < 1.29 is 0 Å². The molecule has 0 bridgehead atoms. The highest BCUT2D eigenvalue weighted by atomic mass is 14.7. The highest BCUT2D eigenvalue weighted by Crippen LogP contribution is 2.46. The van der Waals surface area contributed by atoms with Crippen LogP contribution in [0.1, 0.15) is 0 Å². The van der Waals surface area contributed by atoms with Gasteiger partial charge in [-0.15, -0.1) is 0 Å². The van der Waals surface area contributed by atoms with Crippen molar-refractivity contribution in [1.29, 1.82) is 0 Å². The fourth-order valence-corrected chi connectivity index (χ4v) is 8.52. The van der Waals surface area contributed by atoms with Crippen LogP contribution in [-0.2, 0) is 0 Å². The summed E-state index contributed by atoms with van der Waals surface area (Å²) in [5, 5.41) is 13.5. The number of aromatic nitrogens is 1. The summed E-state index contributed by atoms with van der Waals surface area (Å²) in [5.41, 5.74) is 10.5. The minimum atomic E-state index is 0.981. The molecule has 0 atom stereocenters. The van der Waals surface area contributed by atoms with E-state index >= 15 is 0 Å². The zero-order valence-corrected chi connectivity index (χ0v) is 29.5. The van der Waals surface area contributed by atoms with Crippen LogP contribution in [0, 0.1) is 0 Å². The Balaban J connectivity index is 1.11. The van der Waals surface area contributed by atoms with Crippen LogP contribution in [0.3, 0.4) is 0 Å². The molecule has 0 N–H and O–H groups in total. The van der Waals surface area contributed by atoms with Gasteiger partial charge in [-0.25, -0.2) is 4.98 Å². The van der Waals surface area contributed by atoms with E-state index in [4.69, 9.17) is 4.98 Å². The zero-order valence-electron chi connectivity index (χ0n) is 29.5. The molecule has 0 aliphatic carbocycles. The SMILES string of the molecule is c1ccc2cc(-c3c4ccccc4c(-c4ccc5ccccc5c4)c4cc(-c5ccc(-c6ccc7ccc8ccccc8c7n6)cc5)ccc34)ccc2c1. The molecule has 10 aromatic carbocycles. The van der Waals surface area contributed by atoms with E-state index in [1.807, 2.05) is 0 Å². The molecule has 1 nitrogen and oxygen atoms in total. The normalized spacial score (nSPS) is 11.7. The van der Waals surface area contributed by atoms with E-state index in [1.54, 1.807) is 0 Å². The van der Waals surface area contributed by atoms with Gasteiger partial charge < -0.3 is 0 Å². The summed E-state index contributed by atoms with van der Waals surface area (Å²) >= 11 is 0. The maximum Gasteiger partial charge on any atom is 0.0787 e. The number of fused-ring (bicyclic) bond motifs is 7. The quantitative estimate of drug-likeness (QED) is 0.133. The Kier molecular flexibility index (Phi) is 6.93. The lowest BCUT2D eigenvalue weighted by Gasteiger charge is -2.19. The van der Waals surface area contributed by atoms with E-state index in [-0.39, 0.29) is 0 Å². The molecule has 0 saturated heterocycles. The maximum atomic E-state index is 5.17. The third-order valence-electron chi connectivity index (χ3n) is 11.2. The predicted octanol–water partition coefficient (Wildman–Crippen LogP) is 14.7. The number of rotatable bonds is 4. The first-order chi connectivity index (χ1) is 26.7. The van der Waals surface area contributed by atoms with Gasteiger partial charge in [0.2, 0.25) is 0 Å². The van der Waals surface area contributed by atoms with Crippen molar-refractivity contribution in [3.8, 4) is 44.6 Å². The Bertz CT molecular complexity index is 3260. The molecule has 1 aromatic heterocycles. The van der Waals surface area contributed by atoms with Crippen LogP contribution in [0.15, 0.2) is 200 Å². The third-order valence-corrected chi connectivity index (χ3v) is 11.2. The van der Waals surface area contributed by atoms with Crippen LogP contribution in [0.25, 0.3) is 109 Å². The number of hydrogen-bond acceptors (Lipinski definition) is 1. The van der Waals surface area contributed by atoms with Gasteiger partial charge in [-0.05, 0) is 106 Å². The summed E-state index contributed by atoms with van der Waals surface area (Å²) in [4.78, 5) is 5.17. The molecule has 0 aliphatic rings. The van der Waals surface area contributed by atoms with Gasteiger partial charge in [0.25, 0.3) is 0 Å². The van der Waals surface area contributed by atoms with Gasteiger partial charge >= 0.3 is 0 Å². The van der Waals surface area contributed by atoms with Gasteiger partial charge in [0.05, 0.1) is 11.2 Å². The van der Waals surface area contributed by atoms with Crippen molar-refractivity contribution >= 4 is 64.8 Å². The van der Waals surface area contributed by atoms with E-state index < -0.39 is 0 Å². The van der Waals surface area contributed by atoms with Gasteiger partial charge in [-0.1, -0.05) is 176 Å². The Morgan fingerprint density at radius 1 is 0.241 bits per heavy atom. The summed E-state index contributed by atoms with van der Waals surface area (Å²) in [6.45, 7) is 0. The van der Waals surface area contributed by atoms with Crippen molar-refractivity contribution in [2.45, 2.75) is 0 Å². The van der Waals surface area contributed by atoms with Crippen molar-refractivity contribution in [2.75, 3.05) is 0 Å². The molecule has 0 spiro atoms. The third kappa shape index (κ3) is 4.98. The summed E-state index contributed by atoms with van der Waals surface area (Å²) in [6, 6.07) is 73.1. The van der Waals surface area contributed by atoms with Gasteiger partial charge in [0.1, 0.15) is 0 Å². The van der Waals surface area contributed by atoms with Crippen molar-refractivity contribution in [3.05, 3.63) is 200 Å². The van der Waals surface area contributed by atoms with E-state index in [0.717, 1.165) is 22.2 Å². The van der Waals surface area contributed by atoms with Crippen LogP contribution in [0.2, 0.25) is 0 Å². The highest BCUT2D eigenvalue weighted by molar-refractivity contribution is 6.22. The Morgan fingerprint density at radius 3 is 1.35 bits per heavy atom. The first-order valence-corrected chi connectivity index (χ1v) is 18.6. The first-order valence-electron chi connectivity index (χ1n) is 18.6. The topological polar surface area (TPSA) is 12.9 Å². The standard InChI is InChI=1S/C53H33N/c1-3-12-40-31-43(25-19-34(40)9-1)51-46-15-7-8-16-47(46)52(44-26-20-35-10-2-4-13-41(35)32-44)49-33-42(27-29-48(49)51)36-17-22-38(23-18-36)50-30-28-39-24-21-37-11-5-6-14-45(37)53(39)54-50/h1-33H. The Hall–Kier alpha value is -7.09. The van der Waals surface area contributed by atoms with Crippen molar-refractivity contribution in [3.63, 3.8) is 0 Å². The Morgan fingerprint density at radius 2 is 0.685 bits per heavy atom. The average Bonchev–Trinajstić information content (AvgIpc) is 3.25. The van der Waals surface area contributed by atoms with Crippen LogP contribution in [0.5, 0.6) is 0 Å².